The van der Waals surface area contributed by atoms with Crippen molar-refractivity contribution in [2.24, 2.45) is 0 Å². The van der Waals surface area contributed by atoms with Crippen molar-refractivity contribution in [1.29, 1.82) is 0 Å². The van der Waals surface area contributed by atoms with Crippen molar-refractivity contribution in [3.05, 3.63) is 60.3 Å². The number of methoxy groups -OCH3 is 1. The number of hydrogen-bond acceptors (Lipinski definition) is 4. The number of pyridine rings is 1. The molecule has 6 heteroatoms. The lowest BCUT2D eigenvalue weighted by atomic mass is 10.3. The highest BCUT2D eigenvalue weighted by Gasteiger charge is 2.21. The molecule has 0 spiro atoms. The molecule has 0 unspecified atom stereocenters. The Morgan fingerprint density at radius 3 is 2.83 bits per heavy atom. The minimum absolute atomic E-state index is 0.169. The van der Waals surface area contributed by atoms with E-state index >= 15 is 0 Å². The number of benzene rings is 1. The molecule has 23 heavy (non-hydrogen) atoms. The minimum Gasteiger partial charge on any atom is -0.493 e. The number of aromatic nitrogens is 4. The van der Waals surface area contributed by atoms with Gasteiger partial charge < -0.3 is 4.74 Å². The summed E-state index contributed by atoms with van der Waals surface area (Å²) in [7, 11) is 1.59. The number of rotatable bonds is 2. The Balaban J connectivity index is 1.95. The Bertz CT molecular complexity index is 1050. The van der Waals surface area contributed by atoms with Crippen LogP contribution >= 0.6 is 0 Å². The van der Waals surface area contributed by atoms with Crippen LogP contribution in [0.5, 0.6) is 5.75 Å². The summed E-state index contributed by atoms with van der Waals surface area (Å²) < 4.78 is 8.62. The SMILES string of the molecule is COc1cccn2c(C(=O)n3cnc4ccccc43)c(C)nc12. The van der Waals surface area contributed by atoms with Crippen molar-refractivity contribution in [3.63, 3.8) is 0 Å². The number of nitrogens with zero attached hydrogens (tertiary/aromatic N) is 4. The smallest absolute Gasteiger partial charge is 0.282 e. The lowest BCUT2D eigenvalue weighted by Crippen LogP contribution is -2.14. The Morgan fingerprint density at radius 2 is 2.00 bits per heavy atom. The van der Waals surface area contributed by atoms with Gasteiger partial charge in [0.25, 0.3) is 5.91 Å². The number of aryl methyl sites for hydroxylation is 1. The lowest BCUT2D eigenvalue weighted by Gasteiger charge is -2.06. The number of hydrogen-bond donors (Lipinski definition) is 0. The summed E-state index contributed by atoms with van der Waals surface area (Å²) in [6.45, 7) is 1.82. The number of carbonyl (C=O) groups excluding carboxylic acids is 1. The Hall–Kier alpha value is -3.15. The van der Waals surface area contributed by atoms with Crippen molar-refractivity contribution in [2.75, 3.05) is 7.11 Å². The first-order valence-corrected chi connectivity index (χ1v) is 7.19. The van der Waals surface area contributed by atoms with Gasteiger partial charge in [0.1, 0.15) is 12.0 Å². The Morgan fingerprint density at radius 1 is 1.17 bits per heavy atom. The van der Waals surface area contributed by atoms with Gasteiger partial charge in [-0.2, -0.15) is 0 Å². The first-order chi connectivity index (χ1) is 11.2. The lowest BCUT2D eigenvalue weighted by molar-refractivity contribution is 0.0958. The third kappa shape index (κ3) is 1.92. The fourth-order valence-corrected chi connectivity index (χ4v) is 2.81. The molecule has 0 bridgehead atoms. The number of imidazole rings is 2. The zero-order valence-electron chi connectivity index (χ0n) is 12.7. The Kier molecular flexibility index (Phi) is 2.90. The van der Waals surface area contributed by atoms with Gasteiger partial charge in [-0.25, -0.2) is 9.97 Å². The molecule has 0 amide bonds. The average molecular weight is 306 g/mol. The van der Waals surface area contributed by atoms with E-state index in [0.29, 0.717) is 22.8 Å². The summed E-state index contributed by atoms with van der Waals surface area (Å²) in [6, 6.07) is 11.2. The third-order valence-corrected chi connectivity index (χ3v) is 3.88. The van der Waals surface area contributed by atoms with Crippen molar-refractivity contribution in [3.8, 4) is 5.75 Å². The van der Waals surface area contributed by atoms with E-state index in [9.17, 15) is 4.79 Å². The monoisotopic (exact) mass is 306 g/mol. The maximum absolute atomic E-state index is 13.0. The summed E-state index contributed by atoms with van der Waals surface area (Å²) in [5.74, 6) is 0.460. The molecule has 0 atom stereocenters. The number of carbonyl (C=O) groups is 1. The molecule has 0 saturated carbocycles. The summed E-state index contributed by atoms with van der Waals surface area (Å²) in [5, 5.41) is 0. The molecule has 0 aliphatic heterocycles. The van der Waals surface area contributed by atoms with E-state index in [4.69, 9.17) is 4.74 Å². The molecule has 0 aliphatic carbocycles. The molecular formula is C17H14N4O2. The van der Waals surface area contributed by atoms with Crippen LogP contribution in [0.15, 0.2) is 48.9 Å². The highest BCUT2D eigenvalue weighted by Crippen LogP contribution is 2.23. The van der Waals surface area contributed by atoms with Crippen LogP contribution in [0.3, 0.4) is 0 Å². The van der Waals surface area contributed by atoms with Gasteiger partial charge >= 0.3 is 0 Å². The van der Waals surface area contributed by atoms with Crippen molar-refractivity contribution >= 4 is 22.6 Å². The first-order valence-electron chi connectivity index (χ1n) is 7.19. The van der Waals surface area contributed by atoms with Crippen LogP contribution in [-0.4, -0.2) is 32.0 Å². The number of para-hydroxylation sites is 2. The molecule has 0 radical (unpaired) electrons. The molecule has 3 heterocycles. The standard InChI is InChI=1S/C17H14N4O2/c1-11-15(20-9-5-8-14(23-2)16(20)19-11)17(22)21-10-18-12-6-3-4-7-13(12)21/h3-10H,1-2H3. The van der Waals surface area contributed by atoms with Crippen LogP contribution in [0.1, 0.15) is 16.2 Å². The summed E-state index contributed by atoms with van der Waals surface area (Å²) in [5.41, 5.74) is 3.33. The van der Waals surface area contributed by atoms with Crippen LogP contribution in [0.2, 0.25) is 0 Å². The molecular weight excluding hydrogens is 292 g/mol. The van der Waals surface area contributed by atoms with Crippen molar-refractivity contribution < 1.29 is 9.53 Å². The summed E-state index contributed by atoms with van der Waals surface area (Å²) in [6.07, 6.45) is 3.36. The van der Waals surface area contributed by atoms with Gasteiger partial charge in [0, 0.05) is 6.20 Å². The second-order valence-corrected chi connectivity index (χ2v) is 5.22. The molecule has 0 aliphatic rings. The number of fused-ring (bicyclic) bond motifs is 2. The van der Waals surface area contributed by atoms with Crippen molar-refractivity contribution in [2.45, 2.75) is 6.92 Å². The molecule has 4 aromatic rings. The second kappa shape index (κ2) is 4.95. The molecule has 0 saturated heterocycles. The van der Waals surface area contributed by atoms with E-state index in [1.54, 1.807) is 22.4 Å². The maximum Gasteiger partial charge on any atom is 0.282 e. The third-order valence-electron chi connectivity index (χ3n) is 3.88. The maximum atomic E-state index is 13.0. The Labute approximate surface area is 132 Å². The van der Waals surface area contributed by atoms with E-state index in [2.05, 4.69) is 9.97 Å². The van der Waals surface area contributed by atoms with E-state index in [1.807, 2.05) is 49.5 Å². The zero-order chi connectivity index (χ0) is 16.0. The molecule has 0 fully saturated rings. The predicted molar refractivity (Wildman–Crippen MR) is 85.9 cm³/mol. The van der Waals surface area contributed by atoms with Gasteiger partial charge in [0.15, 0.2) is 11.4 Å². The van der Waals surface area contributed by atoms with E-state index in [0.717, 1.165) is 11.0 Å². The highest BCUT2D eigenvalue weighted by molar-refractivity contribution is 6.01. The molecule has 1 aromatic carbocycles. The average Bonchev–Trinajstić information content (AvgIpc) is 3.14. The van der Waals surface area contributed by atoms with Gasteiger partial charge in [0.05, 0.1) is 23.8 Å². The van der Waals surface area contributed by atoms with Crippen LogP contribution in [0, 0.1) is 6.92 Å². The highest BCUT2D eigenvalue weighted by atomic mass is 16.5. The summed E-state index contributed by atoms with van der Waals surface area (Å²) >= 11 is 0. The second-order valence-electron chi connectivity index (χ2n) is 5.22. The van der Waals surface area contributed by atoms with Gasteiger partial charge in [0.2, 0.25) is 0 Å². The van der Waals surface area contributed by atoms with E-state index in [1.165, 1.54) is 0 Å². The molecule has 114 valence electrons. The summed E-state index contributed by atoms with van der Waals surface area (Å²) in [4.78, 5) is 21.8. The minimum atomic E-state index is -0.169. The van der Waals surface area contributed by atoms with Gasteiger partial charge in [-0.15, -0.1) is 0 Å². The quantitative estimate of drug-likeness (QED) is 0.571. The molecule has 3 aromatic heterocycles. The van der Waals surface area contributed by atoms with Gasteiger partial charge in [-0.1, -0.05) is 12.1 Å². The van der Waals surface area contributed by atoms with Gasteiger partial charge in [-0.3, -0.25) is 13.8 Å². The van der Waals surface area contributed by atoms with E-state index < -0.39 is 0 Å². The zero-order valence-corrected chi connectivity index (χ0v) is 12.7. The first kappa shape index (κ1) is 13.5. The predicted octanol–water partition coefficient (Wildman–Crippen LogP) is 2.69. The molecule has 0 N–H and O–H groups in total. The number of ether oxygens (including phenoxy) is 1. The fourth-order valence-electron chi connectivity index (χ4n) is 2.81. The largest absolute Gasteiger partial charge is 0.493 e. The van der Waals surface area contributed by atoms with E-state index in [-0.39, 0.29) is 5.91 Å². The van der Waals surface area contributed by atoms with Crippen molar-refractivity contribution in [1.82, 2.24) is 18.9 Å². The van der Waals surface area contributed by atoms with Crippen LogP contribution < -0.4 is 4.74 Å². The molecule has 4 rings (SSSR count). The fraction of sp³-hybridized carbons (Fsp3) is 0.118. The normalized spacial score (nSPS) is 11.2. The van der Waals surface area contributed by atoms with Crippen LogP contribution in [-0.2, 0) is 0 Å². The van der Waals surface area contributed by atoms with Gasteiger partial charge in [-0.05, 0) is 31.2 Å². The topological polar surface area (TPSA) is 61.4 Å². The van der Waals surface area contributed by atoms with Crippen LogP contribution in [0.4, 0.5) is 0 Å². The molecule has 6 nitrogen and oxygen atoms in total. The van der Waals surface area contributed by atoms with Crippen LogP contribution in [0.25, 0.3) is 16.7 Å².